The Morgan fingerprint density at radius 2 is 1.44 bits per heavy atom. The lowest BCUT2D eigenvalue weighted by atomic mass is 9.68. The highest BCUT2D eigenvalue weighted by molar-refractivity contribution is 5.65. The van der Waals surface area contributed by atoms with Crippen LogP contribution >= 0.6 is 0 Å². The van der Waals surface area contributed by atoms with Gasteiger partial charge in [-0.1, -0.05) is 85.8 Å². The number of para-hydroxylation sites is 1. The summed E-state index contributed by atoms with van der Waals surface area (Å²) >= 11 is 0. The number of rotatable bonds is 3. The van der Waals surface area contributed by atoms with E-state index in [-0.39, 0.29) is 5.41 Å². The van der Waals surface area contributed by atoms with E-state index in [1.807, 2.05) is 6.07 Å². The van der Waals surface area contributed by atoms with Gasteiger partial charge in [-0.3, -0.25) is 0 Å². The molecule has 0 spiro atoms. The van der Waals surface area contributed by atoms with Crippen LogP contribution in [0.15, 0.2) is 103 Å². The third-order valence-corrected chi connectivity index (χ3v) is 6.21. The summed E-state index contributed by atoms with van der Waals surface area (Å²) in [5.41, 5.74) is 6.50. The highest BCUT2D eigenvalue weighted by atomic mass is 14.9. The van der Waals surface area contributed by atoms with Crippen LogP contribution in [0.4, 0.5) is 11.4 Å². The van der Waals surface area contributed by atoms with Crippen LogP contribution in [0.1, 0.15) is 29.5 Å². The van der Waals surface area contributed by atoms with E-state index < -0.39 is 0 Å². The van der Waals surface area contributed by atoms with Crippen molar-refractivity contribution in [1.82, 2.24) is 0 Å². The Labute approximate surface area is 161 Å². The summed E-state index contributed by atoms with van der Waals surface area (Å²) in [6.45, 7) is 2.40. The SMILES string of the molecule is CC1(c2ccccc2)c2cc(Nc3ccccc3)ccc2C2C=CC=CC21. The van der Waals surface area contributed by atoms with Gasteiger partial charge in [0.25, 0.3) is 0 Å². The fourth-order valence-electron chi connectivity index (χ4n) is 4.83. The molecule has 1 N–H and O–H groups in total. The van der Waals surface area contributed by atoms with E-state index >= 15 is 0 Å². The monoisotopic (exact) mass is 349 g/mol. The molecule has 0 aliphatic heterocycles. The average Bonchev–Trinajstić information content (AvgIpc) is 2.99. The molecule has 3 aromatic rings. The van der Waals surface area contributed by atoms with E-state index in [0.29, 0.717) is 11.8 Å². The Balaban J connectivity index is 1.64. The summed E-state index contributed by atoms with van der Waals surface area (Å²) in [5, 5.41) is 3.57. The second-order valence-corrected chi connectivity index (χ2v) is 7.68. The zero-order chi connectivity index (χ0) is 18.3. The molecule has 3 aromatic carbocycles. The first kappa shape index (κ1) is 16.1. The molecule has 2 aliphatic carbocycles. The molecule has 1 nitrogen and oxygen atoms in total. The van der Waals surface area contributed by atoms with Gasteiger partial charge in [-0.25, -0.2) is 0 Å². The molecule has 0 fully saturated rings. The predicted octanol–water partition coefficient (Wildman–Crippen LogP) is 6.58. The molecule has 0 bridgehead atoms. The Morgan fingerprint density at radius 1 is 0.741 bits per heavy atom. The van der Waals surface area contributed by atoms with Crippen molar-refractivity contribution in [1.29, 1.82) is 0 Å². The smallest absolute Gasteiger partial charge is 0.0387 e. The van der Waals surface area contributed by atoms with Crippen LogP contribution in [0.25, 0.3) is 0 Å². The van der Waals surface area contributed by atoms with E-state index in [2.05, 4.69) is 109 Å². The quantitative estimate of drug-likeness (QED) is 0.563. The van der Waals surface area contributed by atoms with Crippen molar-refractivity contribution in [2.45, 2.75) is 18.3 Å². The molecule has 5 rings (SSSR count). The Kier molecular flexibility index (Phi) is 3.75. The van der Waals surface area contributed by atoms with Gasteiger partial charge < -0.3 is 5.32 Å². The summed E-state index contributed by atoms with van der Waals surface area (Å²) in [6, 6.07) is 28.2. The van der Waals surface area contributed by atoms with Crippen molar-refractivity contribution < 1.29 is 0 Å². The molecule has 0 aromatic heterocycles. The largest absolute Gasteiger partial charge is 0.356 e. The summed E-state index contributed by atoms with van der Waals surface area (Å²) in [5.74, 6) is 0.896. The zero-order valence-corrected chi connectivity index (χ0v) is 15.5. The topological polar surface area (TPSA) is 12.0 Å². The van der Waals surface area contributed by atoms with Crippen LogP contribution in [0, 0.1) is 5.92 Å². The molecule has 27 heavy (non-hydrogen) atoms. The molecule has 0 heterocycles. The Hall–Kier alpha value is -3.06. The number of allylic oxidation sites excluding steroid dienone is 4. The summed E-state index contributed by atoms with van der Waals surface area (Å²) in [4.78, 5) is 0. The van der Waals surface area contributed by atoms with Crippen LogP contribution in [0.2, 0.25) is 0 Å². The molecule has 3 unspecified atom stereocenters. The maximum Gasteiger partial charge on any atom is 0.0387 e. The van der Waals surface area contributed by atoms with E-state index in [4.69, 9.17) is 0 Å². The number of fused-ring (bicyclic) bond motifs is 3. The van der Waals surface area contributed by atoms with Gasteiger partial charge in [0.05, 0.1) is 0 Å². The maximum absolute atomic E-state index is 3.57. The average molecular weight is 349 g/mol. The van der Waals surface area contributed by atoms with Gasteiger partial charge in [-0.05, 0) is 41.0 Å². The van der Waals surface area contributed by atoms with Crippen molar-refractivity contribution in [3.05, 3.63) is 120 Å². The predicted molar refractivity (Wildman–Crippen MR) is 114 cm³/mol. The number of hydrogen-bond acceptors (Lipinski definition) is 1. The molecule has 2 aliphatic rings. The minimum atomic E-state index is -0.0309. The third-order valence-electron chi connectivity index (χ3n) is 6.21. The molecule has 0 saturated heterocycles. The molecular weight excluding hydrogens is 326 g/mol. The Morgan fingerprint density at radius 3 is 2.22 bits per heavy atom. The van der Waals surface area contributed by atoms with Gasteiger partial charge in [0.1, 0.15) is 0 Å². The van der Waals surface area contributed by atoms with Gasteiger partial charge >= 0.3 is 0 Å². The molecule has 3 atom stereocenters. The molecule has 0 saturated carbocycles. The lowest BCUT2D eigenvalue weighted by molar-refractivity contribution is 0.426. The zero-order valence-electron chi connectivity index (χ0n) is 15.5. The molecular formula is C26H23N. The second kappa shape index (κ2) is 6.28. The van der Waals surface area contributed by atoms with Crippen LogP contribution < -0.4 is 5.32 Å². The maximum atomic E-state index is 3.57. The fraction of sp³-hybridized carbons (Fsp3) is 0.154. The molecule has 0 radical (unpaired) electrons. The summed E-state index contributed by atoms with van der Waals surface area (Å²) in [7, 11) is 0. The van der Waals surface area contributed by atoms with Crippen molar-refractivity contribution >= 4 is 11.4 Å². The van der Waals surface area contributed by atoms with Gasteiger partial charge in [-0.15, -0.1) is 0 Å². The normalized spacial score (nSPS) is 25.1. The summed E-state index contributed by atoms with van der Waals surface area (Å²) < 4.78 is 0. The Bertz CT molecular complexity index is 1020. The highest BCUT2D eigenvalue weighted by Gasteiger charge is 2.48. The van der Waals surface area contributed by atoms with Crippen molar-refractivity contribution in [3.63, 3.8) is 0 Å². The van der Waals surface area contributed by atoms with Crippen LogP contribution in [0.5, 0.6) is 0 Å². The van der Waals surface area contributed by atoms with Crippen LogP contribution in [-0.2, 0) is 5.41 Å². The minimum absolute atomic E-state index is 0.0309. The van der Waals surface area contributed by atoms with Crippen molar-refractivity contribution in [3.8, 4) is 0 Å². The second-order valence-electron chi connectivity index (χ2n) is 7.68. The highest BCUT2D eigenvalue weighted by Crippen LogP contribution is 2.56. The van der Waals surface area contributed by atoms with Crippen molar-refractivity contribution in [2.24, 2.45) is 5.92 Å². The lowest BCUT2D eigenvalue weighted by Crippen LogP contribution is -2.30. The van der Waals surface area contributed by atoms with E-state index in [9.17, 15) is 0 Å². The van der Waals surface area contributed by atoms with E-state index in [0.717, 1.165) is 11.4 Å². The molecule has 132 valence electrons. The summed E-state index contributed by atoms with van der Waals surface area (Å²) in [6.07, 6.45) is 9.15. The van der Waals surface area contributed by atoms with Gasteiger partial charge in [0.2, 0.25) is 0 Å². The lowest BCUT2D eigenvalue weighted by Gasteiger charge is -2.34. The third kappa shape index (κ3) is 2.54. The molecule has 1 heteroatoms. The number of nitrogens with one attached hydrogen (secondary N) is 1. The van der Waals surface area contributed by atoms with Crippen LogP contribution in [-0.4, -0.2) is 0 Å². The number of hydrogen-bond donors (Lipinski definition) is 1. The van der Waals surface area contributed by atoms with E-state index in [1.165, 1.54) is 16.7 Å². The minimum Gasteiger partial charge on any atom is -0.356 e. The first-order valence-electron chi connectivity index (χ1n) is 9.64. The standard InChI is InChI=1S/C26H23N/c1-26(19-10-4-2-5-11-19)24-15-9-8-14-22(24)23-17-16-21(18-25(23)26)27-20-12-6-3-7-13-20/h2-18,22,24,27H,1H3. The first-order valence-corrected chi connectivity index (χ1v) is 9.64. The van der Waals surface area contributed by atoms with Gasteiger partial charge in [0, 0.05) is 28.6 Å². The van der Waals surface area contributed by atoms with E-state index in [1.54, 1.807) is 0 Å². The fourth-order valence-corrected chi connectivity index (χ4v) is 4.83. The van der Waals surface area contributed by atoms with Crippen molar-refractivity contribution in [2.75, 3.05) is 5.32 Å². The van der Waals surface area contributed by atoms with Gasteiger partial charge in [-0.2, -0.15) is 0 Å². The number of anilines is 2. The van der Waals surface area contributed by atoms with Crippen LogP contribution in [0.3, 0.4) is 0 Å². The first-order chi connectivity index (χ1) is 13.3. The number of benzene rings is 3. The van der Waals surface area contributed by atoms with Gasteiger partial charge in [0.15, 0.2) is 0 Å². The molecule has 0 amide bonds.